The normalized spacial score (nSPS) is 14.0. The number of esters is 1. The molecule has 0 amide bonds. The van der Waals surface area contributed by atoms with Gasteiger partial charge in [-0.3, -0.25) is 0 Å². The maximum Gasteiger partial charge on any atom is 0.336 e. The van der Waals surface area contributed by atoms with Crippen molar-refractivity contribution in [3.63, 3.8) is 0 Å². The van der Waals surface area contributed by atoms with Crippen molar-refractivity contribution in [1.29, 1.82) is 5.26 Å². The van der Waals surface area contributed by atoms with Crippen LogP contribution in [0, 0.1) is 18.3 Å². The number of fused-ring (bicyclic) bond motifs is 1. The Morgan fingerprint density at radius 1 is 1.00 bits per heavy atom. The van der Waals surface area contributed by atoms with Crippen molar-refractivity contribution in [2.75, 3.05) is 6.61 Å². The lowest BCUT2D eigenvalue weighted by Crippen LogP contribution is -2.21. The van der Waals surface area contributed by atoms with Crippen molar-refractivity contribution in [2.24, 2.45) is 5.73 Å². The molecule has 1 aliphatic heterocycles. The Bertz CT molecular complexity index is 1740. The van der Waals surface area contributed by atoms with Crippen molar-refractivity contribution in [1.82, 2.24) is 0 Å². The Morgan fingerprint density at radius 3 is 2.49 bits per heavy atom. The first-order chi connectivity index (χ1) is 20.8. The summed E-state index contributed by atoms with van der Waals surface area (Å²) in [5, 5.41) is 10.7. The first kappa shape index (κ1) is 29.3. The number of carbonyl (C=O) groups excluding carboxylic acids is 1. The van der Waals surface area contributed by atoms with E-state index in [0.717, 1.165) is 22.3 Å². The van der Waals surface area contributed by atoms with E-state index >= 15 is 0 Å². The van der Waals surface area contributed by atoms with Gasteiger partial charge in [0.1, 0.15) is 29.7 Å². The molecule has 1 unspecified atom stereocenters. The molecule has 4 aromatic rings. The summed E-state index contributed by atoms with van der Waals surface area (Å²) >= 11 is 6.00. The maximum atomic E-state index is 12.5. The van der Waals surface area contributed by atoms with Gasteiger partial charge in [0.2, 0.25) is 5.88 Å². The van der Waals surface area contributed by atoms with Crippen LogP contribution in [0.5, 0.6) is 23.0 Å². The van der Waals surface area contributed by atoms with Crippen molar-refractivity contribution < 1.29 is 23.7 Å². The number of allylic oxidation sites excluding steroid dienone is 1. The second kappa shape index (κ2) is 13.2. The fraction of sp³-hybridized carbons (Fsp3) is 0.143. The number of nitrogens with two attached hydrogens (primary N) is 1. The van der Waals surface area contributed by atoms with Crippen molar-refractivity contribution in [3.8, 4) is 29.1 Å². The fourth-order valence-corrected chi connectivity index (χ4v) is 4.79. The molecule has 43 heavy (non-hydrogen) atoms. The van der Waals surface area contributed by atoms with Crippen LogP contribution in [0.1, 0.15) is 40.7 Å². The lowest BCUT2D eigenvalue weighted by molar-refractivity contribution is -0.128. The molecule has 1 atom stereocenters. The van der Waals surface area contributed by atoms with E-state index < -0.39 is 11.9 Å². The minimum atomic E-state index is -0.538. The summed E-state index contributed by atoms with van der Waals surface area (Å²) < 4.78 is 23.3. The summed E-state index contributed by atoms with van der Waals surface area (Å²) in [6.45, 7) is 4.63. The minimum Gasteiger partial charge on any atom is -0.490 e. The first-order valence-corrected chi connectivity index (χ1v) is 14.0. The molecule has 2 N–H and O–H groups in total. The predicted octanol–water partition coefficient (Wildman–Crippen LogP) is 7.46. The maximum absolute atomic E-state index is 12.5. The van der Waals surface area contributed by atoms with E-state index in [1.54, 1.807) is 24.3 Å². The zero-order chi connectivity index (χ0) is 30.3. The molecule has 0 aliphatic carbocycles. The van der Waals surface area contributed by atoms with Crippen LogP contribution in [0.4, 0.5) is 0 Å². The molecule has 8 heteroatoms. The standard InChI is InChI=1S/C35H29ClN2O5/c1-3-40-32-18-25(11-16-30(32)41-21-24-8-12-26(36)13-9-24)34-28-15-14-27(19-31(28)43-35(38)29(34)20-37)42-33(39)17-10-23-6-4-22(2)5-7-23/h4-19,34H,3,21,38H2,1-2H3/b17-10+. The summed E-state index contributed by atoms with van der Waals surface area (Å²) in [5.41, 5.74) is 10.9. The van der Waals surface area contributed by atoms with Crippen molar-refractivity contribution >= 4 is 23.6 Å². The molecule has 0 bridgehead atoms. The number of halogens is 1. The molecular formula is C35H29ClN2O5. The summed E-state index contributed by atoms with van der Waals surface area (Å²) in [7, 11) is 0. The van der Waals surface area contributed by atoms with E-state index in [9.17, 15) is 10.1 Å². The molecule has 0 aromatic heterocycles. The zero-order valence-electron chi connectivity index (χ0n) is 23.7. The van der Waals surface area contributed by atoms with Crippen LogP contribution < -0.4 is 24.7 Å². The number of hydrogen-bond donors (Lipinski definition) is 1. The highest BCUT2D eigenvalue weighted by atomic mass is 35.5. The zero-order valence-corrected chi connectivity index (χ0v) is 24.4. The average molecular weight is 593 g/mol. The van der Waals surface area contributed by atoms with Crippen LogP contribution in [0.25, 0.3) is 6.08 Å². The summed E-state index contributed by atoms with van der Waals surface area (Å²) in [6, 6.07) is 27.9. The number of nitriles is 1. The van der Waals surface area contributed by atoms with Gasteiger partial charge < -0.3 is 24.7 Å². The summed E-state index contributed by atoms with van der Waals surface area (Å²) in [5.74, 6) is 0.659. The number of ether oxygens (including phenoxy) is 4. The minimum absolute atomic E-state index is 0.0243. The monoisotopic (exact) mass is 592 g/mol. The SMILES string of the molecule is CCOc1cc(C2C(C#N)=C(N)Oc3cc(OC(=O)/C=C/c4ccc(C)cc4)ccc32)ccc1OCc1ccc(Cl)cc1. The molecule has 0 fully saturated rings. The molecule has 1 aliphatic rings. The Balaban J connectivity index is 1.39. The second-order valence-corrected chi connectivity index (χ2v) is 10.3. The number of carbonyl (C=O) groups is 1. The Hall–Kier alpha value is -5.19. The lowest BCUT2D eigenvalue weighted by atomic mass is 9.83. The van der Waals surface area contributed by atoms with Crippen LogP contribution >= 0.6 is 11.6 Å². The molecule has 5 rings (SSSR count). The molecule has 0 radical (unpaired) electrons. The third-order valence-electron chi connectivity index (χ3n) is 6.81. The molecule has 4 aromatic carbocycles. The molecule has 1 heterocycles. The quantitative estimate of drug-likeness (QED) is 0.122. The van der Waals surface area contributed by atoms with Gasteiger partial charge in [0.05, 0.1) is 12.5 Å². The highest BCUT2D eigenvalue weighted by Crippen LogP contribution is 2.45. The summed E-state index contributed by atoms with van der Waals surface area (Å²) in [4.78, 5) is 12.5. The van der Waals surface area contributed by atoms with Gasteiger partial charge in [-0.05, 0) is 66.9 Å². The van der Waals surface area contributed by atoms with E-state index in [4.69, 9.17) is 36.3 Å². The van der Waals surface area contributed by atoms with Gasteiger partial charge in [-0.1, -0.05) is 65.7 Å². The van der Waals surface area contributed by atoms with Gasteiger partial charge in [-0.15, -0.1) is 0 Å². The van der Waals surface area contributed by atoms with E-state index in [0.29, 0.717) is 41.0 Å². The molecule has 216 valence electrons. The predicted molar refractivity (Wildman–Crippen MR) is 165 cm³/mol. The Kier molecular flexibility index (Phi) is 8.99. The van der Waals surface area contributed by atoms with Gasteiger partial charge >= 0.3 is 5.97 Å². The Labute approximate surface area is 255 Å². The lowest BCUT2D eigenvalue weighted by Gasteiger charge is -2.27. The van der Waals surface area contributed by atoms with Gasteiger partial charge in [0.25, 0.3) is 0 Å². The number of rotatable bonds is 9. The number of benzene rings is 4. The van der Waals surface area contributed by atoms with Gasteiger partial charge in [-0.25, -0.2) is 4.79 Å². The van der Waals surface area contributed by atoms with E-state index in [1.165, 1.54) is 6.08 Å². The van der Waals surface area contributed by atoms with Crippen LogP contribution in [0.2, 0.25) is 5.02 Å². The van der Waals surface area contributed by atoms with E-state index in [-0.39, 0.29) is 17.2 Å². The largest absolute Gasteiger partial charge is 0.490 e. The van der Waals surface area contributed by atoms with Crippen LogP contribution in [0.3, 0.4) is 0 Å². The molecule has 0 saturated carbocycles. The average Bonchev–Trinajstić information content (AvgIpc) is 3.00. The number of aryl methyl sites for hydroxylation is 1. The molecule has 0 saturated heterocycles. The van der Waals surface area contributed by atoms with Gasteiger partial charge in [0.15, 0.2) is 11.5 Å². The first-order valence-electron chi connectivity index (χ1n) is 13.7. The summed E-state index contributed by atoms with van der Waals surface area (Å²) in [6.07, 6.45) is 3.05. The van der Waals surface area contributed by atoms with E-state index in [2.05, 4.69) is 6.07 Å². The number of nitrogens with zero attached hydrogens (tertiary/aromatic N) is 1. The van der Waals surface area contributed by atoms with Crippen LogP contribution in [0.15, 0.2) is 102 Å². The van der Waals surface area contributed by atoms with Gasteiger partial charge in [0, 0.05) is 22.7 Å². The van der Waals surface area contributed by atoms with E-state index in [1.807, 2.05) is 80.6 Å². The highest BCUT2D eigenvalue weighted by molar-refractivity contribution is 6.30. The Morgan fingerprint density at radius 2 is 1.77 bits per heavy atom. The molecular weight excluding hydrogens is 564 g/mol. The highest BCUT2D eigenvalue weighted by Gasteiger charge is 2.31. The van der Waals surface area contributed by atoms with Crippen LogP contribution in [-0.4, -0.2) is 12.6 Å². The van der Waals surface area contributed by atoms with Gasteiger partial charge in [-0.2, -0.15) is 5.26 Å². The smallest absolute Gasteiger partial charge is 0.336 e. The second-order valence-electron chi connectivity index (χ2n) is 9.84. The fourth-order valence-electron chi connectivity index (χ4n) is 4.67. The third-order valence-corrected chi connectivity index (χ3v) is 7.06. The van der Waals surface area contributed by atoms with Crippen molar-refractivity contribution in [2.45, 2.75) is 26.4 Å². The topological polar surface area (TPSA) is 104 Å². The third kappa shape index (κ3) is 7.00. The molecule has 7 nitrogen and oxygen atoms in total. The van der Waals surface area contributed by atoms with Crippen molar-refractivity contribution in [3.05, 3.63) is 135 Å². The number of hydrogen-bond acceptors (Lipinski definition) is 7. The molecule has 0 spiro atoms. The van der Waals surface area contributed by atoms with Crippen LogP contribution in [-0.2, 0) is 11.4 Å².